The number of amides is 2. The molecule has 3 aromatic rings. The van der Waals surface area contributed by atoms with Crippen LogP contribution in [0.2, 0.25) is 0 Å². The third-order valence-electron chi connectivity index (χ3n) is 7.64. The molecular formula is C23H20N4O2S2. The SMILES string of the molecule is CN1C(=O)[C@@]23C[C@]4(c5c[nH]c6ccccc56)c5ccccc5N[C@@H]4N2C(=O)[C@]1(C)SS3. The molecule has 0 unspecified atom stereocenters. The maximum atomic E-state index is 13.9. The van der Waals surface area contributed by atoms with Crippen LogP contribution in [0.4, 0.5) is 5.69 Å². The quantitative estimate of drug-likeness (QED) is 0.556. The summed E-state index contributed by atoms with van der Waals surface area (Å²) in [5, 5.41) is 4.78. The molecule has 2 N–H and O–H groups in total. The highest BCUT2D eigenvalue weighted by Gasteiger charge is 2.77. The first-order chi connectivity index (χ1) is 14.9. The number of hydrogen-bond donors (Lipinski definition) is 2. The molecule has 2 amide bonds. The lowest BCUT2D eigenvalue weighted by Gasteiger charge is -2.57. The Morgan fingerprint density at radius 2 is 1.77 bits per heavy atom. The van der Waals surface area contributed by atoms with Crippen molar-refractivity contribution in [2.24, 2.45) is 0 Å². The molecule has 6 heterocycles. The Kier molecular flexibility index (Phi) is 3.15. The predicted octanol–water partition coefficient (Wildman–Crippen LogP) is 3.72. The van der Waals surface area contributed by atoms with Gasteiger partial charge in [0.1, 0.15) is 6.17 Å². The summed E-state index contributed by atoms with van der Waals surface area (Å²) in [5.74, 6) is 0.0246. The summed E-state index contributed by atoms with van der Waals surface area (Å²) < 4.78 is 0. The maximum Gasteiger partial charge on any atom is 0.262 e. The molecule has 8 rings (SSSR count). The van der Waals surface area contributed by atoms with Gasteiger partial charge in [-0.2, -0.15) is 0 Å². The molecule has 156 valence electrons. The molecule has 4 atom stereocenters. The average Bonchev–Trinajstić information content (AvgIpc) is 3.42. The summed E-state index contributed by atoms with van der Waals surface area (Å²) in [6, 6.07) is 16.5. The van der Waals surface area contributed by atoms with E-state index in [4.69, 9.17) is 0 Å². The van der Waals surface area contributed by atoms with Crippen molar-refractivity contribution in [3.05, 3.63) is 65.9 Å². The minimum Gasteiger partial charge on any atom is -0.364 e. The topological polar surface area (TPSA) is 68.4 Å². The van der Waals surface area contributed by atoms with E-state index < -0.39 is 15.2 Å². The number of para-hydroxylation sites is 2. The highest BCUT2D eigenvalue weighted by atomic mass is 33.1. The Hall–Kier alpha value is -2.58. The smallest absolute Gasteiger partial charge is 0.262 e. The maximum absolute atomic E-state index is 13.9. The summed E-state index contributed by atoms with van der Waals surface area (Å²) in [5.41, 5.74) is 3.86. The zero-order valence-corrected chi connectivity index (χ0v) is 18.6. The van der Waals surface area contributed by atoms with Crippen LogP contribution in [0.1, 0.15) is 24.5 Å². The number of piperazine rings is 1. The van der Waals surface area contributed by atoms with Gasteiger partial charge in [-0.05, 0) is 30.2 Å². The van der Waals surface area contributed by atoms with E-state index in [9.17, 15) is 9.59 Å². The summed E-state index contributed by atoms with van der Waals surface area (Å²) >= 11 is 0. The van der Waals surface area contributed by atoms with E-state index in [0.717, 1.165) is 27.7 Å². The second kappa shape index (κ2) is 5.42. The molecule has 31 heavy (non-hydrogen) atoms. The van der Waals surface area contributed by atoms with Crippen molar-refractivity contribution in [1.29, 1.82) is 0 Å². The number of anilines is 1. The van der Waals surface area contributed by atoms with Gasteiger partial charge in [0.2, 0.25) is 0 Å². The van der Waals surface area contributed by atoms with E-state index in [2.05, 4.69) is 40.8 Å². The lowest BCUT2D eigenvalue weighted by molar-refractivity contribution is -0.163. The van der Waals surface area contributed by atoms with Gasteiger partial charge in [0.15, 0.2) is 9.74 Å². The fraction of sp³-hybridized carbons (Fsp3) is 0.304. The molecule has 4 fully saturated rings. The molecule has 1 spiro atoms. The predicted molar refractivity (Wildman–Crippen MR) is 123 cm³/mol. The first-order valence-corrected chi connectivity index (χ1v) is 12.5. The molecule has 0 aliphatic carbocycles. The minimum atomic E-state index is -0.919. The second-order valence-corrected chi connectivity index (χ2v) is 11.8. The van der Waals surface area contributed by atoms with Gasteiger partial charge in [-0.1, -0.05) is 58.0 Å². The molecule has 0 saturated carbocycles. The van der Waals surface area contributed by atoms with Crippen molar-refractivity contribution in [2.75, 3.05) is 12.4 Å². The van der Waals surface area contributed by atoms with E-state index in [-0.39, 0.29) is 18.0 Å². The van der Waals surface area contributed by atoms with Crippen molar-refractivity contribution < 1.29 is 9.59 Å². The monoisotopic (exact) mass is 448 g/mol. The van der Waals surface area contributed by atoms with Crippen LogP contribution >= 0.6 is 21.6 Å². The summed E-state index contributed by atoms with van der Waals surface area (Å²) in [7, 11) is 4.84. The van der Waals surface area contributed by atoms with Gasteiger partial charge in [0.25, 0.3) is 11.8 Å². The number of likely N-dealkylation sites (N-methyl/N-ethyl adjacent to an activating group) is 1. The van der Waals surface area contributed by atoms with Gasteiger partial charge < -0.3 is 15.2 Å². The molecule has 4 saturated heterocycles. The zero-order valence-electron chi connectivity index (χ0n) is 17.0. The number of nitrogens with one attached hydrogen (secondary N) is 2. The Bertz CT molecular complexity index is 1320. The molecule has 1 aromatic heterocycles. The number of H-pyrrole nitrogens is 1. The van der Waals surface area contributed by atoms with Crippen molar-refractivity contribution in [2.45, 2.75) is 34.7 Å². The van der Waals surface area contributed by atoms with Crippen LogP contribution in [0.5, 0.6) is 0 Å². The third kappa shape index (κ3) is 1.79. The van der Waals surface area contributed by atoms with Crippen molar-refractivity contribution in [1.82, 2.24) is 14.8 Å². The molecule has 2 aromatic carbocycles. The lowest BCUT2D eigenvalue weighted by Crippen LogP contribution is -2.75. The second-order valence-electron chi connectivity index (χ2n) is 8.96. The molecule has 5 aliphatic heterocycles. The molecule has 8 heteroatoms. The zero-order chi connectivity index (χ0) is 21.2. The van der Waals surface area contributed by atoms with E-state index >= 15 is 0 Å². The lowest BCUT2D eigenvalue weighted by atomic mass is 9.72. The standard InChI is InChI=1S/C23H20N4O2S2/c1-21-19(28)27-18-22(14-8-4-6-10-17(14)25-18,12-23(27,31-30-21)20(29)26(21)2)15-11-24-16-9-5-3-7-13(15)16/h3-11,18,24-25H,12H2,1-2H3/t18-,21+,22-,23+/m1/s1. The Morgan fingerprint density at radius 1 is 1.00 bits per heavy atom. The van der Waals surface area contributed by atoms with E-state index in [1.165, 1.54) is 10.8 Å². The Labute approximate surface area is 187 Å². The fourth-order valence-electron chi connectivity index (χ4n) is 6.02. The number of carbonyl (C=O) groups is 2. The van der Waals surface area contributed by atoms with Crippen LogP contribution in [0.25, 0.3) is 10.9 Å². The molecule has 2 bridgehead atoms. The largest absolute Gasteiger partial charge is 0.364 e. The number of nitrogens with zero attached hydrogens (tertiary/aromatic N) is 2. The van der Waals surface area contributed by atoms with Gasteiger partial charge in [0, 0.05) is 36.3 Å². The number of fused-ring (bicyclic) bond motifs is 6. The first kappa shape index (κ1) is 18.0. The number of benzene rings is 2. The summed E-state index contributed by atoms with van der Waals surface area (Å²) in [6.07, 6.45) is 2.29. The fourth-order valence-corrected chi connectivity index (χ4v) is 9.53. The van der Waals surface area contributed by atoms with Crippen molar-refractivity contribution >= 4 is 50.0 Å². The van der Waals surface area contributed by atoms with Crippen LogP contribution in [-0.4, -0.2) is 49.6 Å². The van der Waals surface area contributed by atoms with E-state index in [1.807, 2.05) is 36.1 Å². The Balaban J connectivity index is 1.55. The molecular weight excluding hydrogens is 428 g/mol. The highest BCUT2D eigenvalue weighted by Crippen LogP contribution is 2.69. The molecule has 6 nitrogen and oxygen atoms in total. The van der Waals surface area contributed by atoms with E-state index in [0.29, 0.717) is 6.42 Å². The summed E-state index contributed by atoms with van der Waals surface area (Å²) in [6.45, 7) is 1.86. The van der Waals surface area contributed by atoms with Crippen LogP contribution in [0.3, 0.4) is 0 Å². The van der Waals surface area contributed by atoms with Gasteiger partial charge in [0.05, 0.1) is 5.41 Å². The number of aromatic amines is 1. The van der Waals surface area contributed by atoms with E-state index in [1.54, 1.807) is 22.7 Å². The number of hydrogen-bond acceptors (Lipinski definition) is 5. The van der Waals surface area contributed by atoms with Crippen LogP contribution in [0, 0.1) is 0 Å². The van der Waals surface area contributed by atoms with Gasteiger partial charge >= 0.3 is 0 Å². The summed E-state index contributed by atoms with van der Waals surface area (Å²) in [4.78, 5) is 32.7. The third-order valence-corrected chi connectivity index (χ3v) is 11.3. The van der Waals surface area contributed by atoms with Crippen LogP contribution in [0.15, 0.2) is 54.7 Å². The minimum absolute atomic E-state index is 0.00497. The number of aromatic nitrogens is 1. The van der Waals surface area contributed by atoms with Crippen LogP contribution in [-0.2, 0) is 15.0 Å². The number of rotatable bonds is 1. The highest BCUT2D eigenvalue weighted by molar-refractivity contribution is 8.78. The van der Waals surface area contributed by atoms with Gasteiger partial charge in [-0.15, -0.1) is 0 Å². The van der Waals surface area contributed by atoms with Gasteiger partial charge in [-0.3, -0.25) is 14.5 Å². The van der Waals surface area contributed by atoms with Crippen molar-refractivity contribution in [3.8, 4) is 0 Å². The molecule has 5 aliphatic rings. The Morgan fingerprint density at radius 3 is 2.65 bits per heavy atom. The van der Waals surface area contributed by atoms with Crippen molar-refractivity contribution in [3.63, 3.8) is 0 Å². The van der Waals surface area contributed by atoms with Gasteiger partial charge in [-0.25, -0.2) is 0 Å². The first-order valence-electron chi connectivity index (χ1n) is 10.3. The normalized spacial score (nSPS) is 35.4. The average molecular weight is 449 g/mol. The number of carbonyl (C=O) groups excluding carboxylic acids is 2. The van der Waals surface area contributed by atoms with Crippen LogP contribution < -0.4 is 5.32 Å². The molecule has 0 radical (unpaired) electrons.